The van der Waals surface area contributed by atoms with Gasteiger partial charge >= 0.3 is 0 Å². The zero-order valence-corrected chi connectivity index (χ0v) is 12.8. The molecule has 0 spiro atoms. The Morgan fingerprint density at radius 1 is 1.00 bits per heavy atom. The van der Waals surface area contributed by atoms with E-state index in [9.17, 15) is 4.79 Å². The minimum absolute atomic E-state index is 0. The fraction of sp³-hybridized carbons (Fsp3) is 0.929. The summed E-state index contributed by atoms with van der Waals surface area (Å²) in [5, 5.41) is 6.34. The lowest BCUT2D eigenvalue weighted by Gasteiger charge is -2.09. The average molecular weight is 278 g/mol. The van der Waals surface area contributed by atoms with Crippen molar-refractivity contribution in [3.8, 4) is 0 Å². The predicted octanol–water partition coefficient (Wildman–Crippen LogP) is 1.32. The Hall–Kier alpha value is -0.490. The molecule has 0 aromatic rings. The summed E-state index contributed by atoms with van der Waals surface area (Å²) in [5.74, 6) is 0.335. The van der Waals surface area contributed by atoms with Crippen LogP contribution in [0.15, 0.2) is 0 Å². The number of hydrogen-bond donors (Lipinski definition) is 2. The highest BCUT2D eigenvalue weighted by atomic mass is 16.5. The van der Waals surface area contributed by atoms with E-state index in [1.165, 1.54) is 0 Å². The summed E-state index contributed by atoms with van der Waals surface area (Å²) in [7, 11) is 0. The molecule has 2 N–H and O–H groups in total. The normalized spacial score (nSPS) is 11.5. The van der Waals surface area contributed by atoms with Crippen molar-refractivity contribution in [1.82, 2.24) is 10.6 Å². The summed E-state index contributed by atoms with van der Waals surface area (Å²) in [5.41, 5.74) is 0. The average Bonchev–Trinajstić information content (AvgIpc) is 2.35. The third-order valence-electron chi connectivity index (χ3n) is 2.54. The number of ketones is 1. The first kappa shape index (κ1) is 18.5. The number of ether oxygens (including phenoxy) is 2. The quantitative estimate of drug-likeness (QED) is 0.498. The van der Waals surface area contributed by atoms with Crippen LogP contribution < -0.4 is 10.6 Å². The Bertz CT molecular complexity index is 230. The lowest BCUT2D eigenvalue weighted by molar-refractivity contribution is -0.121. The highest BCUT2D eigenvalue weighted by molar-refractivity contribution is 5.82. The first-order valence-corrected chi connectivity index (χ1v) is 7.16. The summed E-state index contributed by atoms with van der Waals surface area (Å²) < 4.78 is 10.8. The molecule has 0 saturated heterocycles. The zero-order chi connectivity index (χ0) is 14.5. The molecule has 0 heterocycles. The molecule has 0 bridgehead atoms. The second kappa shape index (κ2) is 12.5. The summed E-state index contributed by atoms with van der Waals surface area (Å²) in [4.78, 5) is 11.3. The van der Waals surface area contributed by atoms with Crippen molar-refractivity contribution in [3.05, 3.63) is 0 Å². The lowest BCUT2D eigenvalue weighted by atomic mass is 10.1. The first-order valence-electron chi connectivity index (χ1n) is 7.16. The molecule has 0 aliphatic carbocycles. The van der Waals surface area contributed by atoms with Crippen molar-refractivity contribution >= 4 is 5.78 Å². The minimum atomic E-state index is 0. The minimum Gasteiger partial charge on any atom is -0.378 e. The van der Waals surface area contributed by atoms with E-state index in [4.69, 9.17) is 9.47 Å². The van der Waals surface area contributed by atoms with Gasteiger partial charge in [-0.2, -0.15) is 0 Å². The van der Waals surface area contributed by atoms with E-state index < -0.39 is 0 Å². The highest BCUT2D eigenvalue weighted by Gasteiger charge is 2.05. The molecule has 0 rings (SSSR count). The van der Waals surface area contributed by atoms with E-state index in [0.29, 0.717) is 45.6 Å². The van der Waals surface area contributed by atoms with Gasteiger partial charge in [-0.05, 0) is 0 Å². The van der Waals surface area contributed by atoms with E-state index in [1.54, 1.807) is 0 Å². The van der Waals surface area contributed by atoms with Crippen LogP contribution in [0.5, 0.6) is 0 Å². The van der Waals surface area contributed by atoms with E-state index in [1.807, 2.05) is 13.8 Å². The molecule has 118 valence electrons. The van der Waals surface area contributed by atoms with Crippen LogP contribution in [0.25, 0.3) is 0 Å². The van der Waals surface area contributed by atoms with Gasteiger partial charge in [0.05, 0.1) is 33.0 Å². The van der Waals surface area contributed by atoms with Crippen molar-refractivity contribution < 1.29 is 17.1 Å². The monoisotopic (exact) mass is 278 g/mol. The van der Waals surface area contributed by atoms with Crippen molar-refractivity contribution in [1.29, 1.82) is 0 Å². The zero-order valence-electron chi connectivity index (χ0n) is 12.8. The van der Waals surface area contributed by atoms with Crippen LogP contribution in [-0.4, -0.2) is 57.9 Å². The van der Waals surface area contributed by atoms with Gasteiger partial charge in [0, 0.05) is 27.9 Å². The molecule has 5 nitrogen and oxygen atoms in total. The molecule has 5 heteroatoms. The molecule has 0 fully saturated rings. The molecule has 19 heavy (non-hydrogen) atoms. The number of nitrogens with one attached hydrogen (secondary N) is 2. The molecule has 0 aromatic carbocycles. The molecule has 0 radical (unpaired) electrons. The van der Waals surface area contributed by atoms with Crippen LogP contribution in [-0.2, 0) is 14.3 Å². The maximum Gasteiger partial charge on any atom is 0.149 e. The van der Waals surface area contributed by atoms with Crippen LogP contribution in [0.4, 0.5) is 0 Å². The van der Waals surface area contributed by atoms with Crippen molar-refractivity contribution in [2.45, 2.75) is 33.7 Å². The van der Waals surface area contributed by atoms with Gasteiger partial charge in [-0.25, -0.2) is 0 Å². The molecule has 0 unspecified atom stereocenters. The Labute approximate surface area is 120 Å². The topological polar surface area (TPSA) is 59.6 Å². The molecule has 0 aliphatic rings. The molecule has 0 saturated carbocycles. The van der Waals surface area contributed by atoms with Gasteiger partial charge in [-0.15, -0.1) is 0 Å². The molecule has 0 aliphatic heterocycles. The smallest absolute Gasteiger partial charge is 0.149 e. The standard InChI is InChI=1S/C14H30N2O3.2H2/c1-12(2)14(17)11-15-5-7-18-9-10-19-8-6-16-13(3)4;;/h12-13,15-16H,5-11H2,1-4H3;2*1H. The second-order valence-electron chi connectivity index (χ2n) is 5.13. The molecular formula is C14H34N2O3. The fourth-order valence-corrected chi connectivity index (χ4v) is 1.30. The Kier molecular flexibility index (Phi) is 12.2. The molecule has 0 atom stereocenters. The van der Waals surface area contributed by atoms with Crippen molar-refractivity contribution in [2.24, 2.45) is 5.92 Å². The van der Waals surface area contributed by atoms with Crippen LogP contribution in [0.3, 0.4) is 0 Å². The SMILES string of the molecule is CC(C)NCCOCCOCCNCC(=O)C(C)C.[HH].[HH]. The van der Waals surface area contributed by atoms with Crippen LogP contribution >= 0.6 is 0 Å². The largest absolute Gasteiger partial charge is 0.378 e. The van der Waals surface area contributed by atoms with Crippen LogP contribution in [0.2, 0.25) is 0 Å². The molecule has 0 amide bonds. The third-order valence-corrected chi connectivity index (χ3v) is 2.54. The Morgan fingerprint density at radius 3 is 2.11 bits per heavy atom. The van der Waals surface area contributed by atoms with E-state index in [0.717, 1.165) is 6.54 Å². The van der Waals surface area contributed by atoms with Crippen molar-refractivity contribution in [2.75, 3.05) is 46.1 Å². The van der Waals surface area contributed by atoms with Crippen molar-refractivity contribution in [3.63, 3.8) is 0 Å². The summed E-state index contributed by atoms with van der Waals surface area (Å²) in [6.07, 6.45) is 0. The fourth-order valence-electron chi connectivity index (χ4n) is 1.30. The second-order valence-corrected chi connectivity index (χ2v) is 5.13. The number of carbonyl (C=O) groups is 1. The maximum absolute atomic E-state index is 11.3. The number of Topliss-reactive ketones (excluding diaryl/α,β-unsaturated/α-hetero) is 1. The van der Waals surface area contributed by atoms with Crippen LogP contribution in [0.1, 0.15) is 30.5 Å². The maximum atomic E-state index is 11.3. The Balaban J connectivity index is -0.00000162. The van der Waals surface area contributed by atoms with Gasteiger partial charge in [0.1, 0.15) is 5.78 Å². The number of carbonyl (C=O) groups excluding carboxylic acids is 1. The van der Waals surface area contributed by atoms with Gasteiger partial charge in [0.2, 0.25) is 0 Å². The summed E-state index contributed by atoms with van der Waals surface area (Å²) >= 11 is 0. The van der Waals surface area contributed by atoms with Crippen LogP contribution in [0, 0.1) is 5.92 Å². The molecular weight excluding hydrogens is 244 g/mol. The number of hydrogen-bond acceptors (Lipinski definition) is 5. The predicted molar refractivity (Wildman–Crippen MR) is 81.7 cm³/mol. The third kappa shape index (κ3) is 13.7. The lowest BCUT2D eigenvalue weighted by Crippen LogP contribution is -2.29. The first-order chi connectivity index (χ1) is 9.04. The van der Waals surface area contributed by atoms with E-state index in [2.05, 4.69) is 24.5 Å². The summed E-state index contributed by atoms with van der Waals surface area (Å²) in [6, 6.07) is 0.500. The number of rotatable bonds is 13. The van der Waals surface area contributed by atoms with Gasteiger partial charge in [0.15, 0.2) is 0 Å². The van der Waals surface area contributed by atoms with Gasteiger partial charge < -0.3 is 20.1 Å². The van der Waals surface area contributed by atoms with E-state index in [-0.39, 0.29) is 14.6 Å². The van der Waals surface area contributed by atoms with Gasteiger partial charge in [-0.1, -0.05) is 27.7 Å². The van der Waals surface area contributed by atoms with Gasteiger partial charge in [0.25, 0.3) is 0 Å². The summed E-state index contributed by atoms with van der Waals surface area (Å²) in [6.45, 7) is 12.6. The molecule has 0 aromatic heterocycles. The Morgan fingerprint density at radius 2 is 1.58 bits per heavy atom. The highest BCUT2D eigenvalue weighted by Crippen LogP contribution is 1.91. The van der Waals surface area contributed by atoms with Gasteiger partial charge in [-0.3, -0.25) is 4.79 Å². The van der Waals surface area contributed by atoms with E-state index >= 15 is 0 Å².